The number of nitrogens with zero attached hydrogens (tertiary/aromatic N) is 3. The van der Waals surface area contributed by atoms with Crippen LogP contribution >= 0.6 is 11.6 Å². The summed E-state index contributed by atoms with van der Waals surface area (Å²) >= 11 is 5.63. The standard InChI is InChI=1S/C11H9ClN4O2.C2H6/c1-7-2-4-8(5-3-7)14-10-9(16(17)18)6-13-11(12)15-10;1-2/h2-6H,1H3,(H,13,14,15);1-2H3. The molecule has 106 valence electrons. The van der Waals surface area contributed by atoms with Crippen LogP contribution in [0.15, 0.2) is 30.5 Å². The average molecular weight is 295 g/mol. The normalized spacial score (nSPS) is 9.40. The van der Waals surface area contributed by atoms with Crippen LogP contribution in [0.5, 0.6) is 0 Å². The molecule has 0 spiro atoms. The maximum atomic E-state index is 10.8. The van der Waals surface area contributed by atoms with Gasteiger partial charge in [-0.2, -0.15) is 4.98 Å². The van der Waals surface area contributed by atoms with Gasteiger partial charge in [0.25, 0.3) is 0 Å². The van der Waals surface area contributed by atoms with Gasteiger partial charge in [-0.3, -0.25) is 10.1 Å². The smallest absolute Gasteiger partial charge is 0.329 e. The minimum absolute atomic E-state index is 0.0461. The number of hydrogen-bond donors (Lipinski definition) is 1. The van der Waals surface area contributed by atoms with E-state index in [2.05, 4.69) is 15.3 Å². The number of anilines is 2. The third-order valence-corrected chi connectivity index (χ3v) is 2.43. The number of rotatable bonds is 3. The van der Waals surface area contributed by atoms with Gasteiger partial charge in [-0.1, -0.05) is 31.5 Å². The first kappa shape index (κ1) is 15.8. The summed E-state index contributed by atoms with van der Waals surface area (Å²) in [6.07, 6.45) is 1.08. The highest BCUT2D eigenvalue weighted by Crippen LogP contribution is 2.25. The van der Waals surface area contributed by atoms with Gasteiger partial charge in [0, 0.05) is 5.69 Å². The predicted octanol–water partition coefficient (Wildman–Crippen LogP) is 4.12. The van der Waals surface area contributed by atoms with Gasteiger partial charge in [0.1, 0.15) is 6.20 Å². The average Bonchev–Trinajstić information content (AvgIpc) is 2.43. The molecule has 0 amide bonds. The molecule has 0 aliphatic carbocycles. The van der Waals surface area contributed by atoms with Crippen molar-refractivity contribution in [3.8, 4) is 0 Å². The molecule has 1 aromatic carbocycles. The number of benzene rings is 1. The maximum absolute atomic E-state index is 10.8. The fourth-order valence-corrected chi connectivity index (χ4v) is 1.49. The summed E-state index contributed by atoms with van der Waals surface area (Å²) in [5, 5.41) is 13.6. The molecule has 0 fully saturated rings. The van der Waals surface area contributed by atoms with Crippen LogP contribution in [0.4, 0.5) is 17.2 Å². The van der Waals surface area contributed by atoms with E-state index < -0.39 is 4.92 Å². The molecule has 2 rings (SSSR count). The Morgan fingerprint density at radius 1 is 1.25 bits per heavy atom. The number of nitrogens with one attached hydrogen (secondary N) is 1. The van der Waals surface area contributed by atoms with Crippen molar-refractivity contribution in [2.45, 2.75) is 20.8 Å². The number of aryl methyl sites for hydroxylation is 1. The molecule has 1 heterocycles. The fraction of sp³-hybridized carbons (Fsp3) is 0.231. The van der Waals surface area contributed by atoms with E-state index in [4.69, 9.17) is 11.6 Å². The second kappa shape index (κ2) is 7.40. The molecule has 0 saturated carbocycles. The van der Waals surface area contributed by atoms with Crippen molar-refractivity contribution in [3.05, 3.63) is 51.4 Å². The second-order valence-electron chi connectivity index (χ2n) is 3.62. The van der Waals surface area contributed by atoms with Gasteiger partial charge in [-0.25, -0.2) is 4.98 Å². The Hall–Kier alpha value is -2.21. The Balaban J connectivity index is 0.000000956. The Kier molecular flexibility index (Phi) is 5.86. The molecule has 7 heteroatoms. The van der Waals surface area contributed by atoms with Crippen molar-refractivity contribution in [3.63, 3.8) is 0 Å². The van der Waals surface area contributed by atoms with Crippen LogP contribution in [0.3, 0.4) is 0 Å². The molecule has 1 aromatic heterocycles. The summed E-state index contributed by atoms with van der Waals surface area (Å²) in [5.74, 6) is 0.0730. The third-order valence-electron chi connectivity index (χ3n) is 2.25. The van der Waals surface area contributed by atoms with Gasteiger partial charge in [-0.15, -0.1) is 0 Å². The molecule has 0 unspecified atom stereocenters. The van der Waals surface area contributed by atoms with Crippen LogP contribution in [-0.2, 0) is 0 Å². The summed E-state index contributed by atoms with van der Waals surface area (Å²) in [6, 6.07) is 7.37. The van der Waals surface area contributed by atoms with Crippen molar-refractivity contribution >= 4 is 28.8 Å². The Morgan fingerprint density at radius 2 is 1.85 bits per heavy atom. The van der Waals surface area contributed by atoms with Crippen molar-refractivity contribution in [1.29, 1.82) is 0 Å². The van der Waals surface area contributed by atoms with E-state index in [-0.39, 0.29) is 16.8 Å². The zero-order valence-electron chi connectivity index (χ0n) is 11.4. The molecule has 0 radical (unpaired) electrons. The van der Waals surface area contributed by atoms with Gasteiger partial charge in [0.15, 0.2) is 0 Å². The number of hydrogen-bond acceptors (Lipinski definition) is 5. The third kappa shape index (κ3) is 4.17. The van der Waals surface area contributed by atoms with E-state index in [1.165, 1.54) is 0 Å². The van der Waals surface area contributed by atoms with Crippen LogP contribution < -0.4 is 5.32 Å². The van der Waals surface area contributed by atoms with Gasteiger partial charge in [-0.05, 0) is 30.7 Å². The van der Waals surface area contributed by atoms with Gasteiger partial charge >= 0.3 is 5.69 Å². The summed E-state index contributed by atoms with van der Waals surface area (Å²) in [4.78, 5) is 17.7. The SMILES string of the molecule is CC.Cc1ccc(Nc2nc(Cl)ncc2[N+](=O)[O-])cc1. The fourth-order valence-electron chi connectivity index (χ4n) is 1.35. The lowest BCUT2D eigenvalue weighted by Crippen LogP contribution is -2.01. The highest BCUT2D eigenvalue weighted by atomic mass is 35.5. The number of halogens is 1. The lowest BCUT2D eigenvalue weighted by atomic mass is 10.2. The maximum Gasteiger partial charge on any atom is 0.329 e. The van der Waals surface area contributed by atoms with E-state index in [0.717, 1.165) is 11.8 Å². The Morgan fingerprint density at radius 3 is 2.40 bits per heavy atom. The van der Waals surface area contributed by atoms with Crippen LogP contribution in [0.2, 0.25) is 5.28 Å². The summed E-state index contributed by atoms with van der Waals surface area (Å²) in [6.45, 7) is 5.95. The minimum atomic E-state index is -0.563. The van der Waals surface area contributed by atoms with Gasteiger partial charge in [0.2, 0.25) is 11.1 Å². The lowest BCUT2D eigenvalue weighted by Gasteiger charge is -2.06. The highest BCUT2D eigenvalue weighted by molar-refractivity contribution is 6.28. The summed E-state index contributed by atoms with van der Waals surface area (Å²) in [5.41, 5.74) is 1.56. The van der Waals surface area contributed by atoms with E-state index in [0.29, 0.717) is 5.69 Å². The Labute approximate surface area is 122 Å². The van der Waals surface area contributed by atoms with Crippen LogP contribution in [0, 0.1) is 17.0 Å². The van der Waals surface area contributed by atoms with Crippen LogP contribution in [-0.4, -0.2) is 14.9 Å². The summed E-state index contributed by atoms with van der Waals surface area (Å²) in [7, 11) is 0. The number of aromatic nitrogens is 2. The van der Waals surface area contributed by atoms with E-state index >= 15 is 0 Å². The first-order valence-corrected chi connectivity index (χ1v) is 6.44. The lowest BCUT2D eigenvalue weighted by molar-refractivity contribution is -0.384. The molecule has 0 bridgehead atoms. The van der Waals surface area contributed by atoms with E-state index in [9.17, 15) is 10.1 Å². The molecular weight excluding hydrogens is 280 g/mol. The topological polar surface area (TPSA) is 81.0 Å². The molecule has 6 nitrogen and oxygen atoms in total. The van der Waals surface area contributed by atoms with Crippen LogP contribution in [0.1, 0.15) is 19.4 Å². The molecule has 0 atom stereocenters. The first-order chi connectivity index (χ1) is 9.56. The minimum Gasteiger partial charge on any atom is -0.334 e. The molecule has 0 aliphatic rings. The number of nitro groups is 1. The molecule has 20 heavy (non-hydrogen) atoms. The first-order valence-electron chi connectivity index (χ1n) is 6.07. The van der Waals surface area contributed by atoms with Crippen molar-refractivity contribution in [2.75, 3.05) is 5.32 Å². The largest absolute Gasteiger partial charge is 0.334 e. The molecule has 1 N–H and O–H groups in total. The monoisotopic (exact) mass is 294 g/mol. The van der Waals surface area contributed by atoms with Crippen LogP contribution in [0.25, 0.3) is 0 Å². The van der Waals surface area contributed by atoms with Gasteiger partial charge < -0.3 is 5.32 Å². The molecule has 0 saturated heterocycles. The zero-order valence-corrected chi connectivity index (χ0v) is 12.2. The van der Waals surface area contributed by atoms with Crippen molar-refractivity contribution in [1.82, 2.24) is 9.97 Å². The predicted molar refractivity (Wildman–Crippen MR) is 79.5 cm³/mol. The van der Waals surface area contributed by atoms with Crippen molar-refractivity contribution < 1.29 is 4.92 Å². The van der Waals surface area contributed by atoms with Gasteiger partial charge in [0.05, 0.1) is 4.92 Å². The quantitative estimate of drug-likeness (QED) is 0.523. The molecule has 0 aliphatic heterocycles. The van der Waals surface area contributed by atoms with Crippen molar-refractivity contribution in [2.24, 2.45) is 0 Å². The van der Waals surface area contributed by atoms with E-state index in [1.54, 1.807) is 12.1 Å². The van der Waals surface area contributed by atoms with E-state index in [1.807, 2.05) is 32.9 Å². The Bertz CT molecular complexity index is 587. The molecular formula is C13H15ClN4O2. The highest BCUT2D eigenvalue weighted by Gasteiger charge is 2.16. The summed E-state index contributed by atoms with van der Waals surface area (Å²) < 4.78 is 0. The molecule has 2 aromatic rings. The zero-order chi connectivity index (χ0) is 15.1. The second-order valence-corrected chi connectivity index (χ2v) is 3.96.